The molecule has 4 rings (SSSR count). The molecule has 5 nitrogen and oxygen atoms in total. The molecule has 3 aromatic rings. The summed E-state index contributed by atoms with van der Waals surface area (Å²) in [5.74, 6) is 2.16. The lowest BCUT2D eigenvalue weighted by molar-refractivity contribution is -0.117. The number of unbranched alkanes of at least 4 members (excludes halogenated alkanes) is 3. The van der Waals surface area contributed by atoms with E-state index in [9.17, 15) is 4.79 Å². The number of nitrogens with zero attached hydrogens (tertiary/aromatic N) is 3. The number of hydrogen-bond acceptors (Lipinski definition) is 3. The number of fused-ring (bicyclic) bond motifs is 1. The smallest absolute Gasteiger partial charge is 0.227 e. The second kappa shape index (κ2) is 9.33. The van der Waals surface area contributed by atoms with Crippen molar-refractivity contribution in [3.05, 3.63) is 54.4 Å². The average molecular weight is 406 g/mol. The maximum Gasteiger partial charge on any atom is 0.227 e. The number of rotatable bonds is 9. The van der Waals surface area contributed by atoms with Crippen LogP contribution >= 0.6 is 0 Å². The van der Waals surface area contributed by atoms with E-state index in [1.165, 1.54) is 24.8 Å². The molecule has 0 N–H and O–H groups in total. The van der Waals surface area contributed by atoms with Gasteiger partial charge in [-0.25, -0.2) is 4.98 Å². The fourth-order valence-corrected chi connectivity index (χ4v) is 4.36. The first-order chi connectivity index (χ1) is 14.7. The molecule has 1 fully saturated rings. The Bertz CT molecular complexity index is 993. The molecule has 2 heterocycles. The number of anilines is 1. The first kappa shape index (κ1) is 20.5. The van der Waals surface area contributed by atoms with Crippen LogP contribution in [0.2, 0.25) is 0 Å². The molecule has 1 aromatic heterocycles. The van der Waals surface area contributed by atoms with Crippen LogP contribution in [0.4, 0.5) is 5.69 Å². The van der Waals surface area contributed by atoms with Gasteiger partial charge in [0.1, 0.15) is 11.6 Å². The molecule has 0 unspecified atom stereocenters. The Morgan fingerprint density at radius 3 is 2.60 bits per heavy atom. The van der Waals surface area contributed by atoms with Crippen molar-refractivity contribution in [2.45, 2.75) is 58.4 Å². The number of para-hydroxylation sites is 2. The van der Waals surface area contributed by atoms with Gasteiger partial charge >= 0.3 is 0 Å². The number of ether oxygens (including phenoxy) is 1. The summed E-state index contributed by atoms with van der Waals surface area (Å²) in [6, 6.07) is 16.1. The SMILES string of the molecule is CCCCCCn1c([C@H]2CC(=O)N(c3ccc(OCC)cc3)C2)nc2ccccc21. The van der Waals surface area contributed by atoms with Gasteiger partial charge in [-0.3, -0.25) is 4.79 Å². The number of carbonyl (C=O) groups excluding carboxylic acids is 1. The van der Waals surface area contributed by atoms with Gasteiger partial charge in [0.15, 0.2) is 0 Å². The van der Waals surface area contributed by atoms with E-state index in [0.29, 0.717) is 19.6 Å². The Hall–Kier alpha value is -2.82. The number of amides is 1. The molecule has 0 spiro atoms. The van der Waals surface area contributed by atoms with E-state index in [2.05, 4.69) is 29.7 Å². The molecule has 0 saturated carbocycles. The average Bonchev–Trinajstić information content (AvgIpc) is 3.33. The Labute approximate surface area is 178 Å². The van der Waals surface area contributed by atoms with Gasteiger partial charge < -0.3 is 14.2 Å². The summed E-state index contributed by atoms with van der Waals surface area (Å²) in [5, 5.41) is 0. The van der Waals surface area contributed by atoms with Crippen LogP contribution in [0, 0.1) is 0 Å². The van der Waals surface area contributed by atoms with Gasteiger partial charge in [0, 0.05) is 31.1 Å². The van der Waals surface area contributed by atoms with E-state index < -0.39 is 0 Å². The lowest BCUT2D eigenvalue weighted by Gasteiger charge is -2.18. The summed E-state index contributed by atoms with van der Waals surface area (Å²) in [6.07, 6.45) is 5.36. The Kier molecular flexibility index (Phi) is 6.36. The summed E-state index contributed by atoms with van der Waals surface area (Å²) in [6.45, 7) is 6.47. The summed E-state index contributed by atoms with van der Waals surface area (Å²) in [4.78, 5) is 19.7. The second-order valence-electron chi connectivity index (χ2n) is 8.00. The first-order valence-electron chi connectivity index (χ1n) is 11.2. The van der Waals surface area contributed by atoms with Gasteiger partial charge in [0.05, 0.1) is 17.6 Å². The van der Waals surface area contributed by atoms with Gasteiger partial charge in [-0.15, -0.1) is 0 Å². The zero-order valence-electron chi connectivity index (χ0n) is 18.0. The Morgan fingerprint density at radius 1 is 1.03 bits per heavy atom. The van der Waals surface area contributed by atoms with Crippen molar-refractivity contribution in [1.29, 1.82) is 0 Å². The summed E-state index contributed by atoms with van der Waals surface area (Å²) in [7, 11) is 0. The van der Waals surface area contributed by atoms with Crippen LogP contribution in [0.5, 0.6) is 5.75 Å². The highest BCUT2D eigenvalue weighted by Crippen LogP contribution is 2.34. The molecule has 158 valence electrons. The molecule has 0 aliphatic carbocycles. The van der Waals surface area contributed by atoms with Crippen LogP contribution in [0.15, 0.2) is 48.5 Å². The van der Waals surface area contributed by atoms with E-state index in [1.54, 1.807) is 0 Å². The molecular formula is C25H31N3O2. The predicted octanol–water partition coefficient (Wildman–Crippen LogP) is 5.54. The fraction of sp³-hybridized carbons (Fsp3) is 0.440. The molecule has 1 aliphatic heterocycles. The van der Waals surface area contributed by atoms with Gasteiger partial charge in [-0.1, -0.05) is 38.3 Å². The van der Waals surface area contributed by atoms with E-state index >= 15 is 0 Å². The van der Waals surface area contributed by atoms with Crippen molar-refractivity contribution in [1.82, 2.24) is 9.55 Å². The molecule has 2 aromatic carbocycles. The van der Waals surface area contributed by atoms with Gasteiger partial charge in [-0.2, -0.15) is 0 Å². The molecule has 1 atom stereocenters. The zero-order valence-corrected chi connectivity index (χ0v) is 18.0. The number of hydrogen-bond donors (Lipinski definition) is 0. The second-order valence-corrected chi connectivity index (χ2v) is 8.00. The minimum absolute atomic E-state index is 0.114. The highest BCUT2D eigenvalue weighted by Gasteiger charge is 2.34. The van der Waals surface area contributed by atoms with Crippen molar-refractivity contribution >= 4 is 22.6 Å². The third-order valence-corrected chi connectivity index (χ3v) is 5.87. The highest BCUT2D eigenvalue weighted by atomic mass is 16.5. The lowest BCUT2D eigenvalue weighted by Crippen LogP contribution is -2.24. The van der Waals surface area contributed by atoms with E-state index in [1.807, 2.05) is 42.2 Å². The van der Waals surface area contributed by atoms with Crippen LogP contribution in [0.25, 0.3) is 11.0 Å². The maximum atomic E-state index is 12.9. The van der Waals surface area contributed by atoms with Crippen LogP contribution in [0.1, 0.15) is 57.7 Å². The topological polar surface area (TPSA) is 47.4 Å². The van der Waals surface area contributed by atoms with E-state index in [4.69, 9.17) is 9.72 Å². The minimum Gasteiger partial charge on any atom is -0.494 e. The number of benzene rings is 2. The fourth-order valence-electron chi connectivity index (χ4n) is 4.36. The number of imidazole rings is 1. The predicted molar refractivity (Wildman–Crippen MR) is 121 cm³/mol. The van der Waals surface area contributed by atoms with Crippen LogP contribution in [-0.2, 0) is 11.3 Å². The molecule has 0 radical (unpaired) electrons. The quantitative estimate of drug-likeness (QED) is 0.439. The summed E-state index contributed by atoms with van der Waals surface area (Å²) < 4.78 is 7.88. The first-order valence-corrected chi connectivity index (χ1v) is 11.2. The zero-order chi connectivity index (χ0) is 20.9. The number of carbonyl (C=O) groups is 1. The minimum atomic E-state index is 0.114. The van der Waals surface area contributed by atoms with Crippen LogP contribution < -0.4 is 9.64 Å². The molecular weight excluding hydrogens is 374 g/mol. The van der Waals surface area contributed by atoms with Gasteiger partial charge in [-0.05, 0) is 49.7 Å². The maximum absolute atomic E-state index is 12.9. The van der Waals surface area contributed by atoms with Gasteiger partial charge in [0.2, 0.25) is 5.91 Å². The van der Waals surface area contributed by atoms with E-state index in [0.717, 1.165) is 35.7 Å². The highest BCUT2D eigenvalue weighted by molar-refractivity contribution is 5.96. The number of aromatic nitrogens is 2. The Morgan fingerprint density at radius 2 is 1.83 bits per heavy atom. The normalized spacial score (nSPS) is 16.5. The molecule has 0 bridgehead atoms. The monoisotopic (exact) mass is 405 g/mol. The van der Waals surface area contributed by atoms with Crippen molar-refractivity contribution in [3.8, 4) is 5.75 Å². The van der Waals surface area contributed by atoms with Crippen molar-refractivity contribution < 1.29 is 9.53 Å². The molecule has 30 heavy (non-hydrogen) atoms. The van der Waals surface area contributed by atoms with Crippen LogP contribution in [0.3, 0.4) is 0 Å². The molecule has 5 heteroatoms. The largest absolute Gasteiger partial charge is 0.494 e. The van der Waals surface area contributed by atoms with Crippen molar-refractivity contribution in [3.63, 3.8) is 0 Å². The molecule has 1 amide bonds. The third-order valence-electron chi connectivity index (χ3n) is 5.87. The lowest BCUT2D eigenvalue weighted by atomic mass is 10.1. The van der Waals surface area contributed by atoms with Crippen molar-refractivity contribution in [2.75, 3.05) is 18.1 Å². The molecule has 1 aliphatic rings. The summed E-state index contributed by atoms with van der Waals surface area (Å²) in [5.41, 5.74) is 3.13. The van der Waals surface area contributed by atoms with Crippen LogP contribution in [-0.4, -0.2) is 28.6 Å². The standard InChI is InChI=1S/C25H31N3O2/c1-3-5-6-9-16-27-23-11-8-7-10-22(23)26-25(27)19-17-24(29)28(18-19)20-12-14-21(15-13-20)30-4-2/h7-8,10-15,19H,3-6,9,16-18H2,1-2H3/t19-/m0/s1. The molecule has 1 saturated heterocycles. The Balaban J connectivity index is 1.57. The third kappa shape index (κ3) is 4.20. The number of aryl methyl sites for hydroxylation is 1. The van der Waals surface area contributed by atoms with E-state index in [-0.39, 0.29) is 11.8 Å². The van der Waals surface area contributed by atoms with Gasteiger partial charge in [0.25, 0.3) is 0 Å². The van der Waals surface area contributed by atoms with Crippen molar-refractivity contribution in [2.24, 2.45) is 0 Å². The summed E-state index contributed by atoms with van der Waals surface area (Å²) >= 11 is 0.